The molecule has 1 atom stereocenters. The maximum absolute atomic E-state index is 12.1. The molecule has 1 N–H and O–H groups in total. The predicted molar refractivity (Wildman–Crippen MR) is 64.4 cm³/mol. The van der Waals surface area contributed by atoms with Crippen molar-refractivity contribution in [3.05, 3.63) is 34.9 Å². The molecule has 0 bridgehead atoms. The number of rotatable bonds is 3. The fourth-order valence-electron chi connectivity index (χ4n) is 2.18. The molecule has 0 aromatic heterocycles. The Bertz CT molecular complexity index is 452. The summed E-state index contributed by atoms with van der Waals surface area (Å²) in [6.07, 6.45) is 6.81. The van der Waals surface area contributed by atoms with Crippen LogP contribution >= 0.6 is 0 Å². The molecule has 17 heavy (non-hydrogen) atoms. The Labute approximate surface area is 101 Å². The molecule has 0 spiro atoms. The van der Waals surface area contributed by atoms with Crippen LogP contribution in [0.5, 0.6) is 0 Å². The van der Waals surface area contributed by atoms with E-state index in [1.54, 1.807) is 6.08 Å². The van der Waals surface area contributed by atoms with Gasteiger partial charge in [-0.1, -0.05) is 19.1 Å². The second-order valence-corrected chi connectivity index (χ2v) is 4.46. The Morgan fingerprint density at radius 1 is 1.41 bits per heavy atom. The van der Waals surface area contributed by atoms with E-state index in [-0.39, 0.29) is 18.0 Å². The van der Waals surface area contributed by atoms with Crippen LogP contribution in [0.1, 0.15) is 32.6 Å². The molecule has 2 aliphatic rings. The molecule has 3 heteroatoms. The van der Waals surface area contributed by atoms with Gasteiger partial charge >= 0.3 is 0 Å². The van der Waals surface area contributed by atoms with Crippen molar-refractivity contribution >= 4 is 11.6 Å². The average molecular weight is 232 g/mol. The standard InChI is InChI=1S/C14H16O3/c1-2-10(15)7-9-8-13(16)11-5-3-4-6-12(11)14(9)17/h3,5,8,10,15H,2,4,6-7H2,1H3/t10-/m1/s1. The highest BCUT2D eigenvalue weighted by Crippen LogP contribution is 2.29. The summed E-state index contributed by atoms with van der Waals surface area (Å²) in [5.41, 5.74) is 1.62. The lowest BCUT2D eigenvalue weighted by Crippen LogP contribution is -2.22. The summed E-state index contributed by atoms with van der Waals surface area (Å²) in [6, 6.07) is 0. The first-order valence-electron chi connectivity index (χ1n) is 6.00. The first kappa shape index (κ1) is 12.0. The monoisotopic (exact) mass is 232 g/mol. The van der Waals surface area contributed by atoms with Crippen LogP contribution in [0.3, 0.4) is 0 Å². The highest BCUT2D eigenvalue weighted by atomic mass is 16.3. The zero-order valence-corrected chi connectivity index (χ0v) is 9.90. The number of carbonyl (C=O) groups is 2. The molecule has 0 heterocycles. The van der Waals surface area contributed by atoms with Gasteiger partial charge in [0.2, 0.25) is 0 Å². The van der Waals surface area contributed by atoms with E-state index in [1.807, 2.05) is 13.0 Å². The Balaban J connectivity index is 2.26. The molecule has 0 fully saturated rings. The van der Waals surface area contributed by atoms with E-state index in [0.29, 0.717) is 29.6 Å². The van der Waals surface area contributed by atoms with Crippen molar-refractivity contribution in [2.45, 2.75) is 38.7 Å². The Hall–Kier alpha value is -1.48. The van der Waals surface area contributed by atoms with Gasteiger partial charge in [0.05, 0.1) is 6.10 Å². The molecule has 90 valence electrons. The number of ketones is 2. The van der Waals surface area contributed by atoms with Gasteiger partial charge in [0, 0.05) is 23.1 Å². The Morgan fingerprint density at radius 3 is 2.88 bits per heavy atom. The highest BCUT2D eigenvalue weighted by molar-refractivity contribution is 6.24. The van der Waals surface area contributed by atoms with Crippen molar-refractivity contribution in [3.8, 4) is 0 Å². The van der Waals surface area contributed by atoms with Crippen LogP contribution in [0, 0.1) is 0 Å². The minimum atomic E-state index is -0.542. The molecule has 0 aromatic carbocycles. The summed E-state index contributed by atoms with van der Waals surface area (Å²) < 4.78 is 0. The van der Waals surface area contributed by atoms with Crippen molar-refractivity contribution in [1.29, 1.82) is 0 Å². The summed E-state index contributed by atoms with van der Waals surface area (Å²) in [5.74, 6) is -0.162. The van der Waals surface area contributed by atoms with Crippen LogP contribution < -0.4 is 0 Å². The molecule has 0 aliphatic heterocycles. The third kappa shape index (κ3) is 2.29. The number of carbonyl (C=O) groups excluding carboxylic acids is 2. The van der Waals surface area contributed by atoms with Crippen LogP contribution in [-0.4, -0.2) is 22.8 Å². The topological polar surface area (TPSA) is 54.4 Å². The van der Waals surface area contributed by atoms with Crippen LogP contribution in [0.4, 0.5) is 0 Å². The molecular formula is C14H16O3. The quantitative estimate of drug-likeness (QED) is 0.756. The number of hydrogen-bond donors (Lipinski definition) is 1. The second-order valence-electron chi connectivity index (χ2n) is 4.46. The van der Waals surface area contributed by atoms with E-state index >= 15 is 0 Å². The lowest BCUT2D eigenvalue weighted by atomic mass is 9.82. The van der Waals surface area contributed by atoms with Crippen LogP contribution in [0.15, 0.2) is 34.9 Å². The largest absolute Gasteiger partial charge is 0.393 e. The third-order valence-electron chi connectivity index (χ3n) is 3.23. The smallest absolute Gasteiger partial charge is 0.186 e. The summed E-state index contributed by atoms with van der Waals surface area (Å²) in [7, 11) is 0. The van der Waals surface area contributed by atoms with Gasteiger partial charge in [0.25, 0.3) is 0 Å². The maximum atomic E-state index is 12.1. The van der Waals surface area contributed by atoms with Crippen molar-refractivity contribution < 1.29 is 14.7 Å². The van der Waals surface area contributed by atoms with E-state index in [2.05, 4.69) is 0 Å². The normalized spacial score (nSPS) is 21.4. The summed E-state index contributed by atoms with van der Waals surface area (Å²) in [5, 5.41) is 9.58. The summed E-state index contributed by atoms with van der Waals surface area (Å²) >= 11 is 0. The number of allylic oxidation sites excluding steroid dienone is 5. The van der Waals surface area contributed by atoms with E-state index in [4.69, 9.17) is 0 Å². The van der Waals surface area contributed by atoms with Gasteiger partial charge < -0.3 is 5.11 Å². The number of aliphatic hydroxyl groups excluding tert-OH is 1. The lowest BCUT2D eigenvalue weighted by Gasteiger charge is -2.20. The molecule has 0 aromatic rings. The third-order valence-corrected chi connectivity index (χ3v) is 3.23. The number of Topliss-reactive ketones (excluding diaryl/α,β-unsaturated/α-hetero) is 1. The molecular weight excluding hydrogens is 216 g/mol. The summed E-state index contributed by atoms with van der Waals surface area (Å²) in [6.45, 7) is 1.86. The van der Waals surface area contributed by atoms with Gasteiger partial charge in [0.1, 0.15) is 0 Å². The highest BCUT2D eigenvalue weighted by Gasteiger charge is 2.28. The van der Waals surface area contributed by atoms with Crippen molar-refractivity contribution in [1.82, 2.24) is 0 Å². The molecule has 0 unspecified atom stereocenters. The summed E-state index contributed by atoms with van der Waals surface area (Å²) in [4.78, 5) is 24.0. The molecule has 2 rings (SSSR count). The van der Waals surface area contributed by atoms with Crippen LogP contribution in [0.25, 0.3) is 0 Å². The van der Waals surface area contributed by atoms with Crippen molar-refractivity contribution in [2.75, 3.05) is 0 Å². The van der Waals surface area contributed by atoms with Crippen LogP contribution in [0.2, 0.25) is 0 Å². The zero-order chi connectivity index (χ0) is 12.4. The van der Waals surface area contributed by atoms with E-state index in [1.165, 1.54) is 6.08 Å². The first-order chi connectivity index (χ1) is 8.13. The Morgan fingerprint density at radius 2 is 2.18 bits per heavy atom. The molecule has 0 amide bonds. The molecule has 0 saturated carbocycles. The van der Waals surface area contributed by atoms with Crippen molar-refractivity contribution in [3.63, 3.8) is 0 Å². The van der Waals surface area contributed by atoms with E-state index < -0.39 is 6.10 Å². The van der Waals surface area contributed by atoms with Gasteiger partial charge in [-0.2, -0.15) is 0 Å². The maximum Gasteiger partial charge on any atom is 0.186 e. The molecule has 0 radical (unpaired) electrons. The lowest BCUT2D eigenvalue weighted by molar-refractivity contribution is -0.116. The SMILES string of the molecule is CC[C@@H](O)CC1=CC(=O)C2=C(CCC=C2)C1=O. The minimum absolute atomic E-state index is 0.0588. The average Bonchev–Trinajstić information content (AvgIpc) is 2.35. The van der Waals surface area contributed by atoms with Gasteiger partial charge in [-0.05, 0) is 25.3 Å². The van der Waals surface area contributed by atoms with Gasteiger partial charge in [-0.3, -0.25) is 9.59 Å². The molecule has 0 saturated heterocycles. The first-order valence-corrected chi connectivity index (χ1v) is 6.00. The fraction of sp³-hybridized carbons (Fsp3) is 0.429. The number of hydrogen-bond acceptors (Lipinski definition) is 3. The van der Waals surface area contributed by atoms with Crippen LogP contribution in [-0.2, 0) is 9.59 Å². The molecule has 3 nitrogen and oxygen atoms in total. The molecule has 2 aliphatic carbocycles. The minimum Gasteiger partial charge on any atom is -0.393 e. The van der Waals surface area contributed by atoms with E-state index in [9.17, 15) is 14.7 Å². The Kier molecular flexibility index (Phi) is 3.38. The van der Waals surface area contributed by atoms with Crippen molar-refractivity contribution in [2.24, 2.45) is 0 Å². The van der Waals surface area contributed by atoms with Gasteiger partial charge in [0.15, 0.2) is 11.6 Å². The zero-order valence-electron chi connectivity index (χ0n) is 9.90. The van der Waals surface area contributed by atoms with Gasteiger partial charge in [-0.25, -0.2) is 0 Å². The number of aliphatic hydroxyl groups is 1. The van der Waals surface area contributed by atoms with E-state index in [0.717, 1.165) is 6.42 Å². The fourth-order valence-corrected chi connectivity index (χ4v) is 2.18. The predicted octanol–water partition coefficient (Wildman–Crippen LogP) is 1.87. The van der Waals surface area contributed by atoms with Gasteiger partial charge in [-0.15, -0.1) is 0 Å². The second kappa shape index (κ2) is 4.80.